The van der Waals surface area contributed by atoms with E-state index in [1.54, 1.807) is 12.1 Å². The van der Waals surface area contributed by atoms with Gasteiger partial charge in [0, 0.05) is 47.6 Å². The van der Waals surface area contributed by atoms with Crippen LogP contribution in [0.3, 0.4) is 0 Å². The Bertz CT molecular complexity index is 1200. The molecule has 0 saturated carbocycles. The Morgan fingerprint density at radius 1 is 0.969 bits per heavy atom. The highest BCUT2D eigenvalue weighted by molar-refractivity contribution is 6.31. The van der Waals surface area contributed by atoms with E-state index in [-0.39, 0.29) is 23.5 Å². The van der Waals surface area contributed by atoms with Crippen molar-refractivity contribution in [2.45, 2.75) is 18.8 Å². The molecule has 2 amide bonds. The van der Waals surface area contributed by atoms with Gasteiger partial charge in [0.15, 0.2) is 5.76 Å². The molecular weight excluding hydrogens is 426 g/mol. The van der Waals surface area contributed by atoms with Crippen LogP contribution >= 0.6 is 11.6 Å². The third kappa shape index (κ3) is 5.03. The van der Waals surface area contributed by atoms with Gasteiger partial charge in [-0.15, -0.1) is 0 Å². The van der Waals surface area contributed by atoms with Crippen molar-refractivity contribution >= 4 is 34.3 Å². The maximum atomic E-state index is 12.5. The third-order valence-corrected chi connectivity index (χ3v) is 5.74. The molecule has 2 heterocycles. The first kappa shape index (κ1) is 21.7. The first-order valence-electron chi connectivity index (χ1n) is 10.5. The van der Waals surface area contributed by atoms with Gasteiger partial charge in [0.1, 0.15) is 0 Å². The van der Waals surface area contributed by atoms with E-state index in [4.69, 9.17) is 16.0 Å². The van der Waals surface area contributed by atoms with Gasteiger partial charge >= 0.3 is 0 Å². The summed E-state index contributed by atoms with van der Waals surface area (Å²) in [6.45, 7) is 0.812. The number of amides is 2. The Balaban J connectivity index is 1.38. The van der Waals surface area contributed by atoms with E-state index in [1.807, 2.05) is 48.7 Å². The van der Waals surface area contributed by atoms with Crippen molar-refractivity contribution in [1.82, 2.24) is 15.6 Å². The molecule has 0 bridgehead atoms. The molecule has 0 fully saturated rings. The topological polar surface area (TPSA) is 87.1 Å². The van der Waals surface area contributed by atoms with E-state index in [0.29, 0.717) is 31.0 Å². The second-order valence-electron chi connectivity index (χ2n) is 7.50. The minimum atomic E-state index is -0.284. The van der Waals surface area contributed by atoms with Gasteiger partial charge < -0.3 is 20.0 Å². The number of carbonyl (C=O) groups is 2. The van der Waals surface area contributed by atoms with E-state index >= 15 is 0 Å². The molecule has 0 aliphatic heterocycles. The summed E-state index contributed by atoms with van der Waals surface area (Å²) in [6, 6.07) is 19.0. The third-order valence-electron chi connectivity index (χ3n) is 5.39. The fourth-order valence-electron chi connectivity index (χ4n) is 3.78. The number of aromatic amines is 1. The summed E-state index contributed by atoms with van der Waals surface area (Å²) in [5, 5.41) is 7.55. The highest BCUT2D eigenvalue weighted by Gasteiger charge is 2.21. The predicted octanol–water partition coefficient (Wildman–Crippen LogP) is 4.87. The second kappa shape index (κ2) is 10.2. The number of hydrogen-bond acceptors (Lipinski definition) is 3. The highest BCUT2D eigenvalue weighted by atomic mass is 35.5. The van der Waals surface area contributed by atoms with Gasteiger partial charge in [-0.2, -0.15) is 0 Å². The minimum Gasteiger partial charge on any atom is -0.459 e. The highest BCUT2D eigenvalue weighted by Crippen LogP contribution is 2.34. The lowest BCUT2D eigenvalue weighted by molar-refractivity contribution is -0.121. The summed E-state index contributed by atoms with van der Waals surface area (Å²) in [4.78, 5) is 27.7. The van der Waals surface area contributed by atoms with E-state index in [2.05, 4.69) is 21.7 Å². The van der Waals surface area contributed by atoms with E-state index in [9.17, 15) is 9.59 Å². The standard InChI is InChI=1S/C25H24ClN3O3/c26-21-9-3-1-7-17(21)19(20-15-28-22-10-4-2-8-18(20)22)16-29-24(30)12-5-13-27-25(31)23-11-6-14-32-23/h1-4,6-11,14-15,19,28H,5,12-13,16H2,(H,27,31)(H,29,30). The van der Waals surface area contributed by atoms with E-state index in [1.165, 1.54) is 6.26 Å². The second-order valence-corrected chi connectivity index (χ2v) is 7.91. The Morgan fingerprint density at radius 2 is 1.78 bits per heavy atom. The van der Waals surface area contributed by atoms with Crippen LogP contribution in [0.2, 0.25) is 5.02 Å². The van der Waals surface area contributed by atoms with Crippen LogP contribution in [-0.2, 0) is 4.79 Å². The number of furan rings is 1. The zero-order chi connectivity index (χ0) is 22.3. The van der Waals surface area contributed by atoms with Crippen molar-refractivity contribution in [3.8, 4) is 0 Å². The fraction of sp³-hybridized carbons (Fsp3) is 0.200. The molecule has 32 heavy (non-hydrogen) atoms. The summed E-state index contributed by atoms with van der Waals surface area (Å²) in [7, 11) is 0. The summed E-state index contributed by atoms with van der Waals surface area (Å²) < 4.78 is 5.05. The Kier molecular flexibility index (Phi) is 6.92. The van der Waals surface area contributed by atoms with Gasteiger partial charge in [-0.05, 0) is 41.8 Å². The molecule has 4 rings (SSSR count). The van der Waals surface area contributed by atoms with Crippen LogP contribution in [0.15, 0.2) is 77.5 Å². The molecule has 6 nitrogen and oxygen atoms in total. The number of para-hydroxylation sites is 1. The average Bonchev–Trinajstić information content (AvgIpc) is 3.49. The quantitative estimate of drug-likeness (QED) is 0.318. The zero-order valence-corrected chi connectivity index (χ0v) is 18.2. The molecule has 0 radical (unpaired) electrons. The molecule has 0 saturated heterocycles. The Morgan fingerprint density at radius 3 is 2.59 bits per heavy atom. The first-order chi connectivity index (χ1) is 15.6. The number of nitrogens with one attached hydrogen (secondary N) is 3. The molecule has 4 aromatic rings. The van der Waals surface area contributed by atoms with Crippen LogP contribution in [0, 0.1) is 0 Å². The van der Waals surface area contributed by atoms with Crippen molar-refractivity contribution in [3.63, 3.8) is 0 Å². The monoisotopic (exact) mass is 449 g/mol. The molecule has 2 aromatic heterocycles. The summed E-state index contributed by atoms with van der Waals surface area (Å²) >= 11 is 6.51. The van der Waals surface area contributed by atoms with Crippen LogP contribution in [0.25, 0.3) is 10.9 Å². The van der Waals surface area contributed by atoms with Crippen molar-refractivity contribution in [3.05, 3.63) is 95.0 Å². The molecular formula is C25H24ClN3O3. The molecule has 0 aliphatic carbocycles. The smallest absolute Gasteiger partial charge is 0.286 e. The minimum absolute atomic E-state index is 0.0749. The van der Waals surface area contributed by atoms with E-state index in [0.717, 1.165) is 22.0 Å². The molecule has 0 aliphatic rings. The number of fused-ring (bicyclic) bond motifs is 1. The van der Waals surface area contributed by atoms with Crippen LogP contribution in [-0.4, -0.2) is 29.9 Å². The zero-order valence-electron chi connectivity index (χ0n) is 17.4. The lowest BCUT2D eigenvalue weighted by Gasteiger charge is -2.19. The number of halogens is 1. The number of benzene rings is 2. The molecule has 2 aromatic carbocycles. The number of carbonyl (C=O) groups excluding carboxylic acids is 2. The van der Waals surface area contributed by atoms with Gasteiger partial charge in [-0.1, -0.05) is 48.0 Å². The van der Waals surface area contributed by atoms with Gasteiger partial charge in [-0.25, -0.2) is 0 Å². The summed E-state index contributed by atoms with van der Waals surface area (Å²) in [5.41, 5.74) is 3.09. The van der Waals surface area contributed by atoms with Crippen molar-refractivity contribution in [2.24, 2.45) is 0 Å². The Labute approximate surface area is 191 Å². The molecule has 1 unspecified atom stereocenters. The number of aromatic nitrogens is 1. The summed E-state index contributed by atoms with van der Waals surface area (Å²) in [6.07, 6.45) is 4.27. The molecule has 3 N–H and O–H groups in total. The SMILES string of the molecule is O=C(CCCNC(=O)c1ccco1)NCC(c1ccccc1Cl)c1c[nH]c2ccccc12. The van der Waals surface area contributed by atoms with Gasteiger partial charge in [0.25, 0.3) is 5.91 Å². The van der Waals surface area contributed by atoms with Gasteiger partial charge in [-0.3, -0.25) is 9.59 Å². The molecule has 164 valence electrons. The van der Waals surface area contributed by atoms with Crippen LogP contribution in [0.4, 0.5) is 0 Å². The number of H-pyrrole nitrogens is 1. The van der Waals surface area contributed by atoms with Crippen LogP contribution in [0.5, 0.6) is 0 Å². The summed E-state index contributed by atoms with van der Waals surface area (Å²) in [5.74, 6) is -0.194. The van der Waals surface area contributed by atoms with Gasteiger partial charge in [0.2, 0.25) is 5.91 Å². The largest absolute Gasteiger partial charge is 0.459 e. The van der Waals surface area contributed by atoms with Crippen molar-refractivity contribution < 1.29 is 14.0 Å². The van der Waals surface area contributed by atoms with Crippen molar-refractivity contribution in [1.29, 1.82) is 0 Å². The van der Waals surface area contributed by atoms with Crippen LogP contribution < -0.4 is 10.6 Å². The normalized spacial score (nSPS) is 11.9. The lowest BCUT2D eigenvalue weighted by atomic mass is 9.90. The predicted molar refractivity (Wildman–Crippen MR) is 125 cm³/mol. The van der Waals surface area contributed by atoms with Crippen LogP contribution in [0.1, 0.15) is 40.4 Å². The van der Waals surface area contributed by atoms with Crippen molar-refractivity contribution in [2.75, 3.05) is 13.1 Å². The average molecular weight is 450 g/mol. The lowest BCUT2D eigenvalue weighted by Crippen LogP contribution is -2.30. The molecule has 7 heteroatoms. The maximum absolute atomic E-state index is 12.5. The number of rotatable bonds is 9. The van der Waals surface area contributed by atoms with E-state index < -0.39 is 0 Å². The maximum Gasteiger partial charge on any atom is 0.286 e. The molecule has 1 atom stereocenters. The molecule has 0 spiro atoms. The first-order valence-corrected chi connectivity index (χ1v) is 10.9. The number of hydrogen-bond donors (Lipinski definition) is 3. The Hall–Kier alpha value is -3.51. The fourth-order valence-corrected chi connectivity index (χ4v) is 4.04. The van der Waals surface area contributed by atoms with Gasteiger partial charge in [0.05, 0.1) is 6.26 Å².